The highest BCUT2D eigenvalue weighted by molar-refractivity contribution is 5.68. The second-order valence-electron chi connectivity index (χ2n) is 3.48. The second-order valence-corrected chi connectivity index (χ2v) is 3.48. The molecule has 0 amide bonds. The number of hydrogen-bond acceptors (Lipinski definition) is 5. The number of ether oxygens (including phenoxy) is 1. The first-order valence-corrected chi connectivity index (χ1v) is 5.04. The van der Waals surface area contributed by atoms with E-state index >= 15 is 0 Å². The van der Waals surface area contributed by atoms with Crippen molar-refractivity contribution < 1.29 is 18.8 Å². The molecular formula is C12H9FN2O3. The van der Waals surface area contributed by atoms with Crippen LogP contribution >= 0.6 is 0 Å². The fourth-order valence-corrected chi connectivity index (χ4v) is 1.52. The van der Waals surface area contributed by atoms with E-state index in [-0.39, 0.29) is 23.7 Å². The van der Waals surface area contributed by atoms with Gasteiger partial charge in [-0.1, -0.05) is 5.16 Å². The third-order valence-electron chi connectivity index (χ3n) is 2.40. The minimum atomic E-state index is -0.625. The van der Waals surface area contributed by atoms with Gasteiger partial charge in [0.15, 0.2) is 17.3 Å². The molecule has 1 N–H and O–H groups in total. The summed E-state index contributed by atoms with van der Waals surface area (Å²) in [5, 5.41) is 21.5. The number of hydrogen-bond donors (Lipinski definition) is 1. The molecule has 1 aromatic carbocycles. The predicted octanol–water partition coefficient (Wildman–Crippen LogP) is 1.85. The molecule has 2 aromatic rings. The standard InChI is InChI=1S/C12H9FN2O3/c1-17-12-4-9(7(5-14)2-10(12)13)11-3-8(6-16)15-18-11/h2-4,16H,6H2,1H3. The van der Waals surface area contributed by atoms with Gasteiger partial charge in [-0.2, -0.15) is 5.26 Å². The average molecular weight is 248 g/mol. The van der Waals surface area contributed by atoms with Crippen LogP contribution in [0, 0.1) is 17.1 Å². The molecule has 92 valence electrons. The van der Waals surface area contributed by atoms with Crippen molar-refractivity contribution in [3.63, 3.8) is 0 Å². The maximum absolute atomic E-state index is 13.4. The maximum Gasteiger partial charge on any atom is 0.168 e. The lowest BCUT2D eigenvalue weighted by Gasteiger charge is -2.05. The molecule has 18 heavy (non-hydrogen) atoms. The van der Waals surface area contributed by atoms with Gasteiger partial charge in [0.05, 0.1) is 19.3 Å². The largest absolute Gasteiger partial charge is 0.494 e. The number of rotatable bonds is 3. The van der Waals surface area contributed by atoms with Gasteiger partial charge in [0, 0.05) is 11.6 Å². The Balaban J connectivity index is 2.58. The molecule has 0 saturated heterocycles. The quantitative estimate of drug-likeness (QED) is 0.896. The van der Waals surface area contributed by atoms with Gasteiger partial charge in [-0.25, -0.2) is 4.39 Å². The van der Waals surface area contributed by atoms with Crippen molar-refractivity contribution >= 4 is 0 Å². The van der Waals surface area contributed by atoms with Crippen LogP contribution < -0.4 is 4.74 Å². The Hall–Kier alpha value is -2.39. The summed E-state index contributed by atoms with van der Waals surface area (Å²) >= 11 is 0. The number of nitriles is 1. The SMILES string of the molecule is COc1cc(-c2cc(CO)no2)c(C#N)cc1F. The summed E-state index contributed by atoms with van der Waals surface area (Å²) < 4.78 is 23.3. The summed E-state index contributed by atoms with van der Waals surface area (Å²) in [6.45, 7) is -0.274. The Bertz CT molecular complexity index is 616. The van der Waals surface area contributed by atoms with Crippen molar-refractivity contribution in [1.29, 1.82) is 5.26 Å². The summed E-state index contributed by atoms with van der Waals surface area (Å²) in [6.07, 6.45) is 0. The minimum Gasteiger partial charge on any atom is -0.494 e. The van der Waals surface area contributed by atoms with Crippen LogP contribution in [-0.2, 0) is 6.61 Å². The number of benzene rings is 1. The van der Waals surface area contributed by atoms with E-state index in [1.165, 1.54) is 19.2 Å². The number of nitrogens with zero attached hydrogens (tertiary/aromatic N) is 2. The van der Waals surface area contributed by atoms with Crippen molar-refractivity contribution in [3.8, 4) is 23.1 Å². The molecule has 0 aliphatic heterocycles. The van der Waals surface area contributed by atoms with E-state index < -0.39 is 5.82 Å². The molecular weight excluding hydrogens is 239 g/mol. The number of halogens is 1. The van der Waals surface area contributed by atoms with E-state index in [0.29, 0.717) is 11.3 Å². The predicted molar refractivity (Wildman–Crippen MR) is 59.1 cm³/mol. The molecule has 0 unspecified atom stereocenters. The van der Waals surface area contributed by atoms with Crippen LogP contribution in [0.4, 0.5) is 4.39 Å². The van der Waals surface area contributed by atoms with Crippen molar-refractivity contribution in [1.82, 2.24) is 5.16 Å². The average Bonchev–Trinajstić information content (AvgIpc) is 2.87. The van der Waals surface area contributed by atoms with E-state index in [2.05, 4.69) is 5.16 Å². The first-order valence-electron chi connectivity index (χ1n) is 5.04. The molecule has 0 aliphatic carbocycles. The Morgan fingerprint density at radius 1 is 1.50 bits per heavy atom. The molecule has 1 aromatic heterocycles. The second kappa shape index (κ2) is 4.85. The molecule has 0 aliphatic rings. The first-order chi connectivity index (χ1) is 8.69. The van der Waals surface area contributed by atoms with Crippen LogP contribution in [0.2, 0.25) is 0 Å². The third-order valence-corrected chi connectivity index (χ3v) is 2.40. The Morgan fingerprint density at radius 3 is 2.83 bits per heavy atom. The lowest BCUT2D eigenvalue weighted by molar-refractivity contribution is 0.267. The summed E-state index contributed by atoms with van der Waals surface area (Å²) in [5.41, 5.74) is 0.800. The van der Waals surface area contributed by atoms with Gasteiger partial charge >= 0.3 is 0 Å². The molecule has 0 atom stereocenters. The molecule has 6 heteroatoms. The molecule has 0 saturated carbocycles. The van der Waals surface area contributed by atoms with Gasteiger partial charge in [0.1, 0.15) is 11.8 Å². The lowest BCUT2D eigenvalue weighted by Crippen LogP contribution is -1.92. The van der Waals surface area contributed by atoms with Crippen molar-refractivity contribution in [2.24, 2.45) is 0 Å². The number of aliphatic hydroxyl groups excluding tert-OH is 1. The number of aliphatic hydroxyl groups is 1. The fourth-order valence-electron chi connectivity index (χ4n) is 1.52. The van der Waals surface area contributed by atoms with E-state index in [9.17, 15) is 4.39 Å². The highest BCUT2D eigenvalue weighted by Crippen LogP contribution is 2.30. The molecule has 0 spiro atoms. The summed E-state index contributed by atoms with van der Waals surface area (Å²) in [5.74, 6) is -0.348. The van der Waals surface area contributed by atoms with E-state index in [0.717, 1.165) is 6.07 Å². The first kappa shape index (κ1) is 12.1. The van der Waals surface area contributed by atoms with E-state index in [1.54, 1.807) is 0 Å². The van der Waals surface area contributed by atoms with Crippen LogP contribution in [0.15, 0.2) is 22.7 Å². The Kier molecular flexibility index (Phi) is 3.26. The topological polar surface area (TPSA) is 79.3 Å². The van der Waals surface area contributed by atoms with Gasteiger partial charge in [-0.3, -0.25) is 0 Å². The maximum atomic E-state index is 13.4. The van der Waals surface area contributed by atoms with Crippen molar-refractivity contribution in [3.05, 3.63) is 35.3 Å². The van der Waals surface area contributed by atoms with Crippen LogP contribution in [0.25, 0.3) is 11.3 Å². The lowest BCUT2D eigenvalue weighted by atomic mass is 10.1. The number of aromatic nitrogens is 1. The molecule has 0 bridgehead atoms. The summed E-state index contributed by atoms with van der Waals surface area (Å²) in [4.78, 5) is 0. The smallest absolute Gasteiger partial charge is 0.168 e. The van der Waals surface area contributed by atoms with Gasteiger partial charge in [-0.05, 0) is 12.1 Å². The van der Waals surface area contributed by atoms with Crippen LogP contribution in [-0.4, -0.2) is 17.4 Å². The van der Waals surface area contributed by atoms with Crippen LogP contribution in [0.5, 0.6) is 5.75 Å². The Labute approximate surface area is 102 Å². The normalized spacial score (nSPS) is 10.1. The van der Waals surface area contributed by atoms with Crippen LogP contribution in [0.3, 0.4) is 0 Å². The Morgan fingerprint density at radius 2 is 2.28 bits per heavy atom. The zero-order valence-corrected chi connectivity index (χ0v) is 9.48. The monoisotopic (exact) mass is 248 g/mol. The molecule has 2 rings (SSSR count). The fraction of sp³-hybridized carbons (Fsp3) is 0.167. The zero-order valence-electron chi connectivity index (χ0n) is 9.48. The van der Waals surface area contributed by atoms with Crippen molar-refractivity contribution in [2.75, 3.05) is 7.11 Å². The highest BCUT2D eigenvalue weighted by atomic mass is 19.1. The van der Waals surface area contributed by atoms with E-state index in [1.807, 2.05) is 6.07 Å². The molecule has 1 heterocycles. The van der Waals surface area contributed by atoms with Crippen molar-refractivity contribution in [2.45, 2.75) is 6.61 Å². The summed E-state index contributed by atoms with van der Waals surface area (Å²) in [6, 6.07) is 5.77. The van der Waals surface area contributed by atoms with Gasteiger partial charge < -0.3 is 14.4 Å². The number of methoxy groups -OCH3 is 1. The zero-order chi connectivity index (χ0) is 13.1. The van der Waals surface area contributed by atoms with Gasteiger partial charge in [0.2, 0.25) is 0 Å². The highest BCUT2D eigenvalue weighted by Gasteiger charge is 2.15. The summed E-state index contributed by atoms with van der Waals surface area (Å²) in [7, 11) is 1.33. The minimum absolute atomic E-state index is 0.00551. The molecule has 0 fully saturated rings. The molecule has 0 radical (unpaired) electrons. The van der Waals surface area contributed by atoms with Gasteiger partial charge in [0.25, 0.3) is 0 Å². The van der Waals surface area contributed by atoms with E-state index in [4.69, 9.17) is 19.6 Å². The van der Waals surface area contributed by atoms with Gasteiger partial charge in [-0.15, -0.1) is 0 Å². The molecule has 5 nitrogen and oxygen atoms in total. The van der Waals surface area contributed by atoms with Crippen LogP contribution in [0.1, 0.15) is 11.3 Å². The third kappa shape index (κ3) is 2.04.